The smallest absolute Gasteiger partial charge is 0.232 e. The summed E-state index contributed by atoms with van der Waals surface area (Å²) in [5.41, 5.74) is 5.76. The zero-order valence-electron chi connectivity index (χ0n) is 13.1. The molecule has 120 valence electrons. The van der Waals surface area contributed by atoms with Crippen LogP contribution in [-0.2, 0) is 12.0 Å². The van der Waals surface area contributed by atoms with Crippen LogP contribution in [0.1, 0.15) is 64.6 Å². The molecule has 0 aromatic carbocycles. The monoisotopic (exact) mass is 407 g/mol. The predicted molar refractivity (Wildman–Crippen MR) is 93.7 cm³/mol. The van der Waals surface area contributed by atoms with Crippen molar-refractivity contribution in [1.82, 2.24) is 15.5 Å². The Morgan fingerprint density at radius 2 is 2.00 bits per heavy atom. The summed E-state index contributed by atoms with van der Waals surface area (Å²) in [6.07, 6.45) is 6.21. The molecule has 1 saturated carbocycles. The highest BCUT2D eigenvalue weighted by Gasteiger charge is 2.21. The van der Waals surface area contributed by atoms with Gasteiger partial charge in [0, 0.05) is 11.5 Å². The topological polar surface area (TPSA) is 89.3 Å². The molecule has 0 bridgehead atoms. The highest BCUT2D eigenvalue weighted by Crippen LogP contribution is 2.20. The first kappa shape index (κ1) is 18.2. The van der Waals surface area contributed by atoms with Crippen LogP contribution in [0.4, 0.5) is 0 Å². The first-order chi connectivity index (χ1) is 9.45. The molecule has 0 aliphatic heterocycles. The molecule has 2 rings (SSSR count). The number of aliphatic imine (C=N–C) groups is 1. The summed E-state index contributed by atoms with van der Waals surface area (Å²) in [6.45, 7) is 6.46. The van der Waals surface area contributed by atoms with E-state index >= 15 is 0 Å². The summed E-state index contributed by atoms with van der Waals surface area (Å²) in [7, 11) is 0. The number of nitrogens with two attached hydrogens (primary N) is 1. The van der Waals surface area contributed by atoms with E-state index in [2.05, 4.69) is 20.4 Å². The zero-order chi connectivity index (χ0) is 14.6. The fourth-order valence-corrected chi connectivity index (χ4v) is 2.28. The summed E-state index contributed by atoms with van der Waals surface area (Å²) in [6, 6.07) is 0.461. The summed E-state index contributed by atoms with van der Waals surface area (Å²) < 4.78 is 5.22. The minimum Gasteiger partial charge on any atom is -0.370 e. The molecule has 0 radical (unpaired) electrons. The van der Waals surface area contributed by atoms with E-state index in [0.717, 1.165) is 0 Å². The lowest BCUT2D eigenvalue weighted by Gasteiger charge is -2.23. The standard InChI is InChI=1S/C14H25N5O.HI/c1-14(2,3)12-18-11(19-20-12)9-16-13(15)17-10-7-5-4-6-8-10;/h10H,4-9H2,1-3H3,(H3,15,16,17);1H. The Morgan fingerprint density at radius 3 is 2.57 bits per heavy atom. The van der Waals surface area contributed by atoms with Crippen LogP contribution >= 0.6 is 24.0 Å². The van der Waals surface area contributed by atoms with E-state index in [0.29, 0.717) is 30.3 Å². The molecule has 3 N–H and O–H groups in total. The lowest BCUT2D eigenvalue weighted by molar-refractivity contribution is 0.318. The number of hydrogen-bond acceptors (Lipinski definition) is 4. The normalized spacial score (nSPS) is 17.4. The van der Waals surface area contributed by atoms with Crippen molar-refractivity contribution in [3.8, 4) is 0 Å². The number of aromatic nitrogens is 2. The van der Waals surface area contributed by atoms with Gasteiger partial charge in [0.25, 0.3) is 0 Å². The quantitative estimate of drug-likeness (QED) is 0.457. The highest BCUT2D eigenvalue weighted by molar-refractivity contribution is 14.0. The van der Waals surface area contributed by atoms with E-state index in [1.165, 1.54) is 32.1 Å². The van der Waals surface area contributed by atoms with Gasteiger partial charge < -0.3 is 15.6 Å². The lowest BCUT2D eigenvalue weighted by Crippen LogP contribution is -2.41. The number of hydrogen-bond donors (Lipinski definition) is 2. The molecule has 0 spiro atoms. The van der Waals surface area contributed by atoms with Gasteiger partial charge in [-0.1, -0.05) is 45.2 Å². The van der Waals surface area contributed by atoms with Crippen LogP contribution in [0.25, 0.3) is 0 Å². The molecular formula is C14H26IN5O. The summed E-state index contributed by atoms with van der Waals surface area (Å²) in [4.78, 5) is 8.61. The molecule has 6 nitrogen and oxygen atoms in total. The predicted octanol–water partition coefficient (Wildman–Crippen LogP) is 2.72. The van der Waals surface area contributed by atoms with Gasteiger partial charge in [-0.3, -0.25) is 0 Å². The summed E-state index contributed by atoms with van der Waals surface area (Å²) in [5, 5.41) is 7.19. The maximum Gasteiger partial charge on any atom is 0.232 e. The summed E-state index contributed by atoms with van der Waals surface area (Å²) in [5.74, 6) is 1.67. The average molecular weight is 407 g/mol. The molecule has 0 unspecified atom stereocenters. The molecule has 1 aromatic rings. The molecule has 21 heavy (non-hydrogen) atoms. The van der Waals surface area contributed by atoms with E-state index in [4.69, 9.17) is 10.3 Å². The Morgan fingerprint density at radius 1 is 1.33 bits per heavy atom. The minimum atomic E-state index is -0.138. The highest BCUT2D eigenvalue weighted by atomic mass is 127. The van der Waals surface area contributed by atoms with Crippen LogP contribution in [0.3, 0.4) is 0 Å². The van der Waals surface area contributed by atoms with Crippen molar-refractivity contribution >= 4 is 29.9 Å². The summed E-state index contributed by atoms with van der Waals surface area (Å²) >= 11 is 0. The Balaban J connectivity index is 0.00000220. The molecular weight excluding hydrogens is 381 g/mol. The van der Waals surface area contributed by atoms with Gasteiger partial charge in [-0.05, 0) is 12.8 Å². The third kappa shape index (κ3) is 5.80. The van der Waals surface area contributed by atoms with E-state index in [9.17, 15) is 0 Å². The fraction of sp³-hybridized carbons (Fsp3) is 0.786. The van der Waals surface area contributed by atoms with Crippen LogP contribution in [-0.4, -0.2) is 22.1 Å². The Kier molecular flexibility index (Phi) is 6.89. The molecule has 0 atom stereocenters. The van der Waals surface area contributed by atoms with E-state index in [-0.39, 0.29) is 29.4 Å². The van der Waals surface area contributed by atoms with Crippen molar-refractivity contribution in [1.29, 1.82) is 0 Å². The zero-order valence-corrected chi connectivity index (χ0v) is 15.4. The third-order valence-electron chi connectivity index (χ3n) is 3.46. The lowest BCUT2D eigenvalue weighted by atomic mass is 9.96. The van der Waals surface area contributed by atoms with Crippen molar-refractivity contribution in [2.75, 3.05) is 0 Å². The van der Waals surface area contributed by atoms with Gasteiger partial charge in [-0.2, -0.15) is 4.98 Å². The SMILES string of the molecule is CC(C)(C)c1nc(CN=C(N)NC2CCCCC2)no1.I. The van der Waals surface area contributed by atoms with Gasteiger partial charge in [-0.25, -0.2) is 4.99 Å². The van der Waals surface area contributed by atoms with Gasteiger partial charge in [-0.15, -0.1) is 24.0 Å². The number of nitrogens with one attached hydrogen (secondary N) is 1. The van der Waals surface area contributed by atoms with Crippen LogP contribution in [0, 0.1) is 0 Å². The first-order valence-electron chi connectivity index (χ1n) is 7.34. The van der Waals surface area contributed by atoms with Gasteiger partial charge in [0.1, 0.15) is 6.54 Å². The number of rotatable bonds is 3. The Bertz CT molecular complexity index is 460. The molecule has 1 aromatic heterocycles. The maximum absolute atomic E-state index is 5.90. The van der Waals surface area contributed by atoms with Gasteiger partial charge in [0.15, 0.2) is 11.8 Å². The largest absolute Gasteiger partial charge is 0.370 e. The third-order valence-corrected chi connectivity index (χ3v) is 3.46. The van der Waals surface area contributed by atoms with Crippen LogP contribution in [0.5, 0.6) is 0 Å². The van der Waals surface area contributed by atoms with Gasteiger partial charge >= 0.3 is 0 Å². The van der Waals surface area contributed by atoms with Crippen LogP contribution in [0.15, 0.2) is 9.52 Å². The first-order valence-corrected chi connectivity index (χ1v) is 7.34. The molecule has 1 aliphatic carbocycles. The van der Waals surface area contributed by atoms with E-state index in [1.807, 2.05) is 20.8 Å². The van der Waals surface area contributed by atoms with Crippen molar-refractivity contribution in [2.45, 2.75) is 70.9 Å². The van der Waals surface area contributed by atoms with Crippen molar-refractivity contribution in [3.05, 3.63) is 11.7 Å². The molecule has 0 saturated heterocycles. The maximum atomic E-state index is 5.90. The molecule has 1 aliphatic rings. The van der Waals surface area contributed by atoms with E-state index in [1.54, 1.807) is 0 Å². The number of guanidine groups is 1. The Hall–Kier alpha value is -0.860. The van der Waals surface area contributed by atoms with Crippen molar-refractivity contribution in [2.24, 2.45) is 10.7 Å². The van der Waals surface area contributed by atoms with Crippen molar-refractivity contribution < 1.29 is 4.52 Å². The van der Waals surface area contributed by atoms with Crippen LogP contribution in [0.2, 0.25) is 0 Å². The fourth-order valence-electron chi connectivity index (χ4n) is 2.28. The average Bonchev–Trinajstić information content (AvgIpc) is 2.86. The molecule has 1 heterocycles. The second-order valence-corrected chi connectivity index (χ2v) is 6.45. The second-order valence-electron chi connectivity index (χ2n) is 6.45. The van der Waals surface area contributed by atoms with Gasteiger partial charge in [0.05, 0.1) is 0 Å². The van der Waals surface area contributed by atoms with Gasteiger partial charge in [0.2, 0.25) is 5.89 Å². The molecule has 7 heteroatoms. The Labute approximate surface area is 143 Å². The van der Waals surface area contributed by atoms with Crippen molar-refractivity contribution in [3.63, 3.8) is 0 Å². The number of halogens is 1. The molecule has 1 fully saturated rings. The van der Waals surface area contributed by atoms with Crippen LogP contribution < -0.4 is 11.1 Å². The minimum absolute atomic E-state index is 0. The van der Waals surface area contributed by atoms with E-state index < -0.39 is 0 Å². The second kappa shape index (κ2) is 7.95. The number of nitrogens with zero attached hydrogens (tertiary/aromatic N) is 3. The molecule has 0 amide bonds.